The highest BCUT2D eigenvalue weighted by molar-refractivity contribution is 5.82. The summed E-state index contributed by atoms with van der Waals surface area (Å²) in [5, 5.41) is 13.8. The maximum absolute atomic E-state index is 11.4. The second-order valence-corrected chi connectivity index (χ2v) is 5.02. The van der Waals surface area contributed by atoms with Crippen LogP contribution in [-0.2, 0) is 4.79 Å². The Morgan fingerprint density at radius 1 is 1.44 bits per heavy atom. The highest BCUT2D eigenvalue weighted by Gasteiger charge is 2.53. The summed E-state index contributed by atoms with van der Waals surface area (Å²) in [5.74, 6) is -0.219. The quantitative estimate of drug-likeness (QED) is 0.653. The van der Waals surface area contributed by atoms with Crippen molar-refractivity contribution >= 4 is 12.0 Å². The number of aliphatic carboxylic acids is 1. The van der Waals surface area contributed by atoms with Gasteiger partial charge in [-0.1, -0.05) is 0 Å². The van der Waals surface area contributed by atoms with E-state index >= 15 is 0 Å². The first-order valence-electron chi connectivity index (χ1n) is 5.81. The average Bonchev–Trinajstić information content (AvgIpc) is 3.06. The van der Waals surface area contributed by atoms with Gasteiger partial charge in [0, 0.05) is 6.54 Å². The number of carboxylic acids is 1. The lowest BCUT2D eigenvalue weighted by molar-refractivity contribution is -0.138. The van der Waals surface area contributed by atoms with E-state index in [4.69, 9.17) is 5.11 Å². The molecule has 0 spiro atoms. The van der Waals surface area contributed by atoms with Crippen LogP contribution in [0.5, 0.6) is 0 Å². The van der Waals surface area contributed by atoms with Gasteiger partial charge in [0.15, 0.2) is 0 Å². The molecule has 16 heavy (non-hydrogen) atoms. The predicted molar refractivity (Wildman–Crippen MR) is 58.0 cm³/mol. The van der Waals surface area contributed by atoms with Gasteiger partial charge in [-0.25, -0.2) is 4.79 Å². The molecule has 2 rings (SSSR count). The molecule has 5 heteroatoms. The van der Waals surface area contributed by atoms with Gasteiger partial charge in [-0.3, -0.25) is 4.79 Å². The molecule has 2 amide bonds. The van der Waals surface area contributed by atoms with Gasteiger partial charge in [-0.05, 0) is 43.9 Å². The minimum absolute atomic E-state index is 0.351. The van der Waals surface area contributed by atoms with E-state index in [0.717, 1.165) is 5.92 Å². The minimum Gasteiger partial charge on any atom is -0.480 e. The molecule has 2 saturated carbocycles. The van der Waals surface area contributed by atoms with E-state index in [1.165, 1.54) is 32.6 Å². The number of rotatable bonds is 5. The zero-order valence-corrected chi connectivity index (χ0v) is 9.45. The number of carboxylic acid groups (broad SMARTS) is 1. The Morgan fingerprint density at radius 2 is 2.06 bits per heavy atom. The van der Waals surface area contributed by atoms with E-state index < -0.39 is 12.0 Å². The fourth-order valence-electron chi connectivity index (χ4n) is 2.15. The molecule has 2 aliphatic rings. The largest absolute Gasteiger partial charge is 0.480 e. The van der Waals surface area contributed by atoms with Gasteiger partial charge in [0.25, 0.3) is 0 Å². The van der Waals surface area contributed by atoms with Crippen molar-refractivity contribution in [1.29, 1.82) is 0 Å². The smallest absolute Gasteiger partial charge is 0.325 e. The van der Waals surface area contributed by atoms with Crippen LogP contribution in [0.1, 0.15) is 32.6 Å². The van der Waals surface area contributed by atoms with Crippen LogP contribution in [0.25, 0.3) is 0 Å². The number of amides is 2. The number of carbonyl (C=O) groups excluding carboxylic acids is 1. The number of hydrogen-bond donors (Lipinski definition) is 3. The molecule has 0 saturated heterocycles. The van der Waals surface area contributed by atoms with E-state index in [-0.39, 0.29) is 6.03 Å². The average molecular weight is 226 g/mol. The molecule has 0 aromatic heterocycles. The molecule has 0 aromatic rings. The van der Waals surface area contributed by atoms with Crippen molar-refractivity contribution < 1.29 is 14.7 Å². The molecular weight excluding hydrogens is 208 g/mol. The summed E-state index contributed by atoms with van der Waals surface area (Å²) in [4.78, 5) is 21.9. The van der Waals surface area contributed by atoms with Crippen molar-refractivity contribution in [1.82, 2.24) is 10.6 Å². The molecule has 0 bridgehead atoms. The summed E-state index contributed by atoms with van der Waals surface area (Å²) in [6, 6.07) is -1.21. The van der Waals surface area contributed by atoms with E-state index in [2.05, 4.69) is 10.6 Å². The van der Waals surface area contributed by atoms with Crippen molar-refractivity contribution in [2.75, 3.05) is 6.54 Å². The van der Waals surface area contributed by atoms with Crippen LogP contribution in [0, 0.1) is 11.3 Å². The van der Waals surface area contributed by atoms with Crippen LogP contribution >= 0.6 is 0 Å². The lowest BCUT2D eigenvalue weighted by atomic mass is 10.0. The monoisotopic (exact) mass is 226 g/mol. The number of urea groups is 1. The minimum atomic E-state index is -1.02. The van der Waals surface area contributed by atoms with Crippen molar-refractivity contribution in [3.63, 3.8) is 0 Å². The second-order valence-electron chi connectivity index (χ2n) is 5.02. The summed E-state index contributed by atoms with van der Waals surface area (Å²) in [6.07, 6.45) is 4.97. The normalized spacial score (nSPS) is 23.3. The third-order valence-corrected chi connectivity index (χ3v) is 3.65. The zero-order valence-electron chi connectivity index (χ0n) is 9.45. The lowest BCUT2D eigenvalue weighted by Crippen LogP contribution is -2.46. The zero-order chi connectivity index (χ0) is 11.8. The van der Waals surface area contributed by atoms with Crippen LogP contribution in [-0.4, -0.2) is 29.7 Å². The maximum atomic E-state index is 11.4. The molecule has 2 aliphatic carbocycles. The molecule has 1 atom stereocenters. The molecule has 0 aromatic carbocycles. The van der Waals surface area contributed by atoms with Gasteiger partial charge < -0.3 is 15.7 Å². The van der Waals surface area contributed by atoms with Crippen LogP contribution < -0.4 is 10.6 Å². The molecule has 0 unspecified atom stereocenters. The molecule has 2 fully saturated rings. The third kappa shape index (κ3) is 2.46. The van der Waals surface area contributed by atoms with Crippen molar-refractivity contribution in [3.8, 4) is 0 Å². The van der Waals surface area contributed by atoms with Crippen LogP contribution in [0.15, 0.2) is 0 Å². The Kier molecular flexibility index (Phi) is 2.78. The van der Waals surface area contributed by atoms with E-state index in [0.29, 0.717) is 12.0 Å². The Bertz CT molecular complexity index is 308. The molecule has 90 valence electrons. The second kappa shape index (κ2) is 3.96. The van der Waals surface area contributed by atoms with Gasteiger partial charge in [0.05, 0.1) is 0 Å². The van der Waals surface area contributed by atoms with Gasteiger partial charge in [-0.15, -0.1) is 0 Å². The highest BCUT2D eigenvalue weighted by Crippen LogP contribution is 2.60. The van der Waals surface area contributed by atoms with Crippen molar-refractivity contribution in [3.05, 3.63) is 0 Å². The van der Waals surface area contributed by atoms with Crippen LogP contribution in [0.4, 0.5) is 4.79 Å². The predicted octanol–water partition coefficient (Wildman–Crippen LogP) is 0.949. The summed E-state index contributed by atoms with van der Waals surface area (Å²) < 4.78 is 0. The van der Waals surface area contributed by atoms with E-state index in [9.17, 15) is 9.59 Å². The van der Waals surface area contributed by atoms with Crippen LogP contribution in [0.2, 0.25) is 0 Å². The summed E-state index contributed by atoms with van der Waals surface area (Å²) in [5.41, 5.74) is 0.351. The topological polar surface area (TPSA) is 78.4 Å². The Labute approximate surface area is 94.6 Å². The SMILES string of the molecule is C[C@@H](NC(=O)NCC1(C2CC2)CC1)C(=O)O. The molecule has 0 aliphatic heterocycles. The fourth-order valence-corrected chi connectivity index (χ4v) is 2.15. The van der Waals surface area contributed by atoms with Gasteiger partial charge in [0.2, 0.25) is 0 Å². The highest BCUT2D eigenvalue weighted by atomic mass is 16.4. The molecule has 3 N–H and O–H groups in total. The summed E-state index contributed by atoms with van der Waals surface area (Å²) in [7, 11) is 0. The molecule has 0 radical (unpaired) electrons. The Hall–Kier alpha value is -1.26. The standard InChI is InChI=1S/C11H18N2O3/c1-7(9(14)15)13-10(16)12-6-11(4-5-11)8-2-3-8/h7-8H,2-6H2,1H3,(H,14,15)(H2,12,13,16)/t7-/m1/s1. The maximum Gasteiger partial charge on any atom is 0.325 e. The first-order chi connectivity index (χ1) is 7.53. The fraction of sp³-hybridized carbons (Fsp3) is 0.818. The molecule has 0 heterocycles. The third-order valence-electron chi connectivity index (χ3n) is 3.65. The number of carbonyl (C=O) groups is 2. The van der Waals surface area contributed by atoms with Gasteiger partial charge >= 0.3 is 12.0 Å². The molecular formula is C11H18N2O3. The summed E-state index contributed by atoms with van der Waals surface area (Å²) >= 11 is 0. The van der Waals surface area contributed by atoms with Gasteiger partial charge in [0.1, 0.15) is 6.04 Å². The number of nitrogens with one attached hydrogen (secondary N) is 2. The number of hydrogen-bond acceptors (Lipinski definition) is 2. The first kappa shape index (κ1) is 11.2. The Balaban J connectivity index is 1.69. The van der Waals surface area contributed by atoms with E-state index in [1.54, 1.807) is 0 Å². The Morgan fingerprint density at radius 3 is 2.50 bits per heavy atom. The van der Waals surface area contributed by atoms with Gasteiger partial charge in [-0.2, -0.15) is 0 Å². The lowest BCUT2D eigenvalue weighted by Gasteiger charge is -2.16. The van der Waals surface area contributed by atoms with Crippen molar-refractivity contribution in [2.45, 2.75) is 38.6 Å². The van der Waals surface area contributed by atoms with Crippen LogP contribution in [0.3, 0.4) is 0 Å². The first-order valence-corrected chi connectivity index (χ1v) is 5.81. The molecule has 5 nitrogen and oxygen atoms in total. The van der Waals surface area contributed by atoms with Crippen molar-refractivity contribution in [2.24, 2.45) is 11.3 Å². The summed E-state index contributed by atoms with van der Waals surface area (Å²) in [6.45, 7) is 2.14. The van der Waals surface area contributed by atoms with E-state index in [1.807, 2.05) is 0 Å².